The van der Waals surface area contributed by atoms with Crippen LogP contribution >= 0.6 is 23.2 Å². The highest BCUT2D eigenvalue weighted by Crippen LogP contribution is 2.32. The van der Waals surface area contributed by atoms with E-state index >= 15 is 0 Å². The first-order valence-electron chi connectivity index (χ1n) is 7.27. The van der Waals surface area contributed by atoms with Crippen LogP contribution in [0.3, 0.4) is 0 Å². The molecule has 0 unspecified atom stereocenters. The number of hydrogen-bond acceptors (Lipinski definition) is 3. The molecule has 122 valence electrons. The van der Waals surface area contributed by atoms with E-state index in [0.29, 0.717) is 16.4 Å². The number of rotatable bonds is 3. The van der Waals surface area contributed by atoms with E-state index in [9.17, 15) is 9.59 Å². The Morgan fingerprint density at radius 1 is 0.958 bits per heavy atom. The van der Waals surface area contributed by atoms with Gasteiger partial charge in [-0.05, 0) is 49.2 Å². The van der Waals surface area contributed by atoms with Crippen LogP contribution in [0.15, 0.2) is 53.2 Å². The number of carbonyl (C=O) groups is 2. The van der Waals surface area contributed by atoms with Crippen molar-refractivity contribution in [3.05, 3.63) is 69.3 Å². The number of carbonyl (C=O) groups excluding carboxylic acids is 2. The number of halogens is 2. The first kappa shape index (κ1) is 16.6. The van der Waals surface area contributed by atoms with Crippen LogP contribution in [-0.4, -0.2) is 11.8 Å². The molecular weight excluding hydrogens is 347 g/mol. The van der Waals surface area contributed by atoms with Crippen molar-refractivity contribution >= 4 is 46.4 Å². The Bertz CT molecular complexity index is 890. The minimum atomic E-state index is -0.542. The molecule has 2 aromatic rings. The monoisotopic (exact) mass is 360 g/mol. The van der Waals surface area contributed by atoms with E-state index in [1.807, 2.05) is 26.0 Å². The topological polar surface area (TPSA) is 49.4 Å². The average molecular weight is 361 g/mol. The highest BCUT2D eigenvalue weighted by atomic mass is 35.5. The van der Waals surface area contributed by atoms with Gasteiger partial charge >= 0.3 is 0 Å². The molecule has 1 N–H and O–H groups in total. The zero-order chi connectivity index (χ0) is 17.4. The first-order valence-corrected chi connectivity index (χ1v) is 8.02. The van der Waals surface area contributed by atoms with Gasteiger partial charge in [0, 0.05) is 10.7 Å². The van der Waals surface area contributed by atoms with E-state index in [-0.39, 0.29) is 10.7 Å². The fourth-order valence-corrected chi connectivity index (χ4v) is 2.90. The molecule has 0 atom stereocenters. The van der Waals surface area contributed by atoms with Crippen molar-refractivity contribution in [2.75, 3.05) is 10.2 Å². The number of aryl methyl sites for hydroxylation is 2. The number of anilines is 2. The summed E-state index contributed by atoms with van der Waals surface area (Å²) in [7, 11) is 0. The molecule has 0 aliphatic carbocycles. The summed E-state index contributed by atoms with van der Waals surface area (Å²) in [5, 5.41) is 3.27. The van der Waals surface area contributed by atoms with E-state index in [1.165, 1.54) is 0 Å². The molecule has 0 saturated heterocycles. The van der Waals surface area contributed by atoms with Gasteiger partial charge in [-0.15, -0.1) is 0 Å². The van der Waals surface area contributed by atoms with Gasteiger partial charge in [0.1, 0.15) is 10.7 Å². The Balaban J connectivity index is 1.97. The lowest BCUT2D eigenvalue weighted by molar-refractivity contribution is -0.120. The Morgan fingerprint density at radius 3 is 2.42 bits per heavy atom. The van der Waals surface area contributed by atoms with Crippen LogP contribution < -0.4 is 10.2 Å². The van der Waals surface area contributed by atoms with Crippen molar-refractivity contribution in [1.82, 2.24) is 0 Å². The van der Waals surface area contributed by atoms with Crippen molar-refractivity contribution in [2.45, 2.75) is 13.8 Å². The predicted octanol–water partition coefficient (Wildman–Crippen LogP) is 4.39. The van der Waals surface area contributed by atoms with Gasteiger partial charge in [-0.3, -0.25) is 9.59 Å². The van der Waals surface area contributed by atoms with Crippen molar-refractivity contribution in [2.24, 2.45) is 0 Å². The second kappa shape index (κ2) is 6.30. The molecule has 1 heterocycles. The third-order valence-electron chi connectivity index (χ3n) is 3.73. The summed E-state index contributed by atoms with van der Waals surface area (Å²) in [5.74, 6) is -1.03. The number of nitrogens with one attached hydrogen (secondary N) is 1. The molecule has 0 saturated carbocycles. The van der Waals surface area contributed by atoms with Gasteiger partial charge in [0.25, 0.3) is 11.8 Å². The van der Waals surface area contributed by atoms with Crippen LogP contribution in [0, 0.1) is 13.8 Å². The minimum absolute atomic E-state index is 0.0461. The molecule has 24 heavy (non-hydrogen) atoms. The van der Waals surface area contributed by atoms with Crippen molar-refractivity contribution < 1.29 is 9.59 Å². The van der Waals surface area contributed by atoms with E-state index in [0.717, 1.165) is 16.0 Å². The van der Waals surface area contributed by atoms with Gasteiger partial charge in [-0.25, -0.2) is 4.90 Å². The second-order valence-corrected chi connectivity index (χ2v) is 6.37. The molecule has 2 amide bonds. The van der Waals surface area contributed by atoms with E-state index in [1.54, 1.807) is 30.3 Å². The van der Waals surface area contributed by atoms with Crippen molar-refractivity contribution in [3.63, 3.8) is 0 Å². The second-order valence-electron chi connectivity index (χ2n) is 5.56. The Labute approximate surface area is 149 Å². The lowest BCUT2D eigenvalue weighted by atomic mass is 10.1. The number of nitrogens with zero attached hydrogens (tertiary/aromatic N) is 1. The standard InChI is InChI=1S/C18H14Cl2N2O2/c1-10-6-7-11(2)14(8-10)22-17(23)15(20)16(18(22)24)21-13-5-3-4-12(19)9-13/h3-9,21H,1-2H3. The summed E-state index contributed by atoms with van der Waals surface area (Å²) < 4.78 is 0. The van der Waals surface area contributed by atoms with E-state index in [2.05, 4.69) is 5.32 Å². The van der Waals surface area contributed by atoms with Gasteiger partial charge in [0.2, 0.25) is 0 Å². The maximum atomic E-state index is 12.7. The molecule has 0 fully saturated rings. The van der Waals surface area contributed by atoms with Crippen molar-refractivity contribution in [3.8, 4) is 0 Å². The molecule has 0 bridgehead atoms. The molecule has 4 nitrogen and oxygen atoms in total. The molecule has 0 spiro atoms. The summed E-state index contributed by atoms with van der Waals surface area (Å²) in [6.07, 6.45) is 0. The van der Waals surface area contributed by atoms with E-state index in [4.69, 9.17) is 23.2 Å². The average Bonchev–Trinajstić information content (AvgIpc) is 2.74. The number of benzene rings is 2. The van der Waals surface area contributed by atoms with E-state index < -0.39 is 11.8 Å². The summed E-state index contributed by atoms with van der Waals surface area (Å²) in [6, 6.07) is 12.4. The third kappa shape index (κ3) is 2.90. The van der Waals surface area contributed by atoms with Crippen LogP contribution in [0.5, 0.6) is 0 Å². The van der Waals surface area contributed by atoms with Gasteiger partial charge in [0.05, 0.1) is 5.69 Å². The maximum Gasteiger partial charge on any atom is 0.283 e. The lowest BCUT2D eigenvalue weighted by Crippen LogP contribution is -2.32. The molecule has 1 aliphatic heterocycles. The summed E-state index contributed by atoms with van der Waals surface area (Å²) >= 11 is 12.1. The highest BCUT2D eigenvalue weighted by molar-refractivity contribution is 6.53. The van der Waals surface area contributed by atoms with Crippen LogP contribution in [0.4, 0.5) is 11.4 Å². The largest absolute Gasteiger partial charge is 0.350 e. The molecule has 0 aromatic heterocycles. The smallest absolute Gasteiger partial charge is 0.283 e. The number of amides is 2. The summed E-state index contributed by atoms with van der Waals surface area (Å²) in [6.45, 7) is 3.74. The Hall–Kier alpha value is -2.30. The predicted molar refractivity (Wildman–Crippen MR) is 96.4 cm³/mol. The van der Waals surface area contributed by atoms with Gasteiger partial charge < -0.3 is 5.32 Å². The zero-order valence-corrected chi connectivity index (χ0v) is 14.6. The quantitative estimate of drug-likeness (QED) is 0.825. The van der Waals surface area contributed by atoms with Crippen molar-refractivity contribution in [1.29, 1.82) is 0 Å². The molecule has 0 radical (unpaired) electrons. The van der Waals surface area contributed by atoms with Crippen LogP contribution in [0.1, 0.15) is 11.1 Å². The molecular formula is C18H14Cl2N2O2. The van der Waals surface area contributed by atoms with Crippen LogP contribution in [-0.2, 0) is 9.59 Å². The van der Waals surface area contributed by atoms with Crippen LogP contribution in [0.2, 0.25) is 5.02 Å². The molecule has 6 heteroatoms. The van der Waals surface area contributed by atoms with Gasteiger partial charge in [-0.1, -0.05) is 41.4 Å². The molecule has 3 rings (SSSR count). The van der Waals surface area contributed by atoms with Crippen LogP contribution in [0.25, 0.3) is 0 Å². The highest BCUT2D eigenvalue weighted by Gasteiger charge is 2.39. The summed E-state index contributed by atoms with van der Waals surface area (Å²) in [4.78, 5) is 26.3. The van der Waals surface area contributed by atoms with Gasteiger partial charge in [-0.2, -0.15) is 0 Å². The first-order chi connectivity index (χ1) is 11.4. The minimum Gasteiger partial charge on any atom is -0.350 e. The Morgan fingerprint density at radius 2 is 1.71 bits per heavy atom. The zero-order valence-electron chi connectivity index (χ0n) is 13.1. The normalized spacial score (nSPS) is 14.6. The third-order valence-corrected chi connectivity index (χ3v) is 4.31. The SMILES string of the molecule is Cc1ccc(C)c(N2C(=O)C(Cl)=C(Nc3cccc(Cl)c3)C2=O)c1. The lowest BCUT2D eigenvalue weighted by Gasteiger charge is -2.18. The molecule has 2 aromatic carbocycles. The summed E-state index contributed by atoms with van der Waals surface area (Å²) in [5.41, 5.74) is 2.93. The van der Waals surface area contributed by atoms with Gasteiger partial charge in [0.15, 0.2) is 0 Å². The molecule has 1 aliphatic rings. The number of hydrogen-bond donors (Lipinski definition) is 1. The fourth-order valence-electron chi connectivity index (χ4n) is 2.50. The Kier molecular flexibility index (Phi) is 4.35. The fraction of sp³-hybridized carbons (Fsp3) is 0.111. The number of imide groups is 1. The maximum absolute atomic E-state index is 12.7.